The molecule has 1 aliphatic heterocycles. The van der Waals surface area contributed by atoms with E-state index in [1.807, 2.05) is 0 Å². The molecular formula is C15H22N2OS. The van der Waals surface area contributed by atoms with Crippen molar-refractivity contribution in [2.24, 2.45) is 0 Å². The molecule has 104 valence electrons. The number of hydrogen-bond donors (Lipinski definition) is 1. The Morgan fingerprint density at radius 2 is 2.42 bits per heavy atom. The average Bonchev–Trinajstić information content (AvgIpc) is 2.96. The molecule has 1 atom stereocenters. The highest BCUT2D eigenvalue weighted by Gasteiger charge is 2.45. The largest absolute Gasteiger partial charge is 0.333 e. The quantitative estimate of drug-likeness (QED) is 0.898. The van der Waals surface area contributed by atoms with Crippen molar-refractivity contribution in [3.63, 3.8) is 0 Å². The average molecular weight is 278 g/mol. The summed E-state index contributed by atoms with van der Waals surface area (Å²) in [6.07, 6.45) is 5.38. The zero-order valence-electron chi connectivity index (χ0n) is 11.5. The number of rotatable bonds is 5. The van der Waals surface area contributed by atoms with E-state index in [4.69, 9.17) is 0 Å². The van der Waals surface area contributed by atoms with Gasteiger partial charge in [-0.1, -0.05) is 13.0 Å². The van der Waals surface area contributed by atoms with Crippen LogP contribution in [-0.2, 0) is 11.3 Å². The van der Waals surface area contributed by atoms with E-state index in [1.165, 1.54) is 17.7 Å². The van der Waals surface area contributed by atoms with Gasteiger partial charge in [0.2, 0.25) is 5.91 Å². The highest BCUT2D eigenvalue weighted by atomic mass is 32.1. The summed E-state index contributed by atoms with van der Waals surface area (Å²) in [5.74, 6) is 0.336. The molecule has 0 aromatic carbocycles. The smallest absolute Gasteiger partial charge is 0.243 e. The molecule has 1 unspecified atom stereocenters. The molecule has 0 spiro atoms. The Kier molecular flexibility index (Phi) is 3.63. The molecule has 1 aromatic rings. The van der Waals surface area contributed by atoms with Gasteiger partial charge in [-0.05, 0) is 50.1 Å². The van der Waals surface area contributed by atoms with E-state index in [0.29, 0.717) is 11.9 Å². The summed E-state index contributed by atoms with van der Waals surface area (Å²) in [7, 11) is 0. The van der Waals surface area contributed by atoms with Crippen LogP contribution in [0.4, 0.5) is 0 Å². The fourth-order valence-corrected chi connectivity index (χ4v) is 3.74. The van der Waals surface area contributed by atoms with Gasteiger partial charge in [0.1, 0.15) is 0 Å². The monoisotopic (exact) mass is 278 g/mol. The van der Waals surface area contributed by atoms with Crippen LogP contribution in [-0.4, -0.2) is 28.9 Å². The fourth-order valence-electron chi connectivity index (χ4n) is 3.04. The number of nitrogens with zero attached hydrogens (tertiary/aromatic N) is 1. The maximum Gasteiger partial charge on any atom is 0.243 e. The van der Waals surface area contributed by atoms with Crippen molar-refractivity contribution in [1.29, 1.82) is 0 Å². The molecule has 19 heavy (non-hydrogen) atoms. The van der Waals surface area contributed by atoms with Gasteiger partial charge in [-0.2, -0.15) is 0 Å². The van der Waals surface area contributed by atoms with Crippen LogP contribution < -0.4 is 5.32 Å². The van der Waals surface area contributed by atoms with Crippen LogP contribution in [0.1, 0.15) is 43.9 Å². The molecular weight excluding hydrogens is 256 g/mol. The molecule has 1 aromatic heterocycles. The number of amides is 1. The van der Waals surface area contributed by atoms with E-state index in [9.17, 15) is 4.79 Å². The Morgan fingerprint density at radius 1 is 1.58 bits per heavy atom. The molecule has 1 saturated heterocycles. The van der Waals surface area contributed by atoms with Crippen LogP contribution in [0, 0.1) is 0 Å². The number of carbonyl (C=O) groups is 1. The van der Waals surface area contributed by atoms with E-state index >= 15 is 0 Å². The lowest BCUT2D eigenvalue weighted by atomic mass is 9.92. The zero-order chi connectivity index (χ0) is 13.3. The van der Waals surface area contributed by atoms with Crippen molar-refractivity contribution in [1.82, 2.24) is 10.2 Å². The van der Waals surface area contributed by atoms with Crippen molar-refractivity contribution in [2.45, 2.75) is 57.2 Å². The summed E-state index contributed by atoms with van der Waals surface area (Å²) in [5.41, 5.74) is -0.278. The van der Waals surface area contributed by atoms with Crippen LogP contribution in [0.3, 0.4) is 0 Å². The summed E-state index contributed by atoms with van der Waals surface area (Å²) < 4.78 is 0. The van der Waals surface area contributed by atoms with Gasteiger partial charge in [0.15, 0.2) is 0 Å². The first kappa shape index (κ1) is 13.1. The topological polar surface area (TPSA) is 32.3 Å². The summed E-state index contributed by atoms with van der Waals surface area (Å²) in [6.45, 7) is 3.91. The molecule has 2 fully saturated rings. The molecule has 1 amide bonds. The van der Waals surface area contributed by atoms with Crippen LogP contribution in [0.15, 0.2) is 17.5 Å². The van der Waals surface area contributed by atoms with Crippen molar-refractivity contribution in [2.75, 3.05) is 6.54 Å². The van der Waals surface area contributed by atoms with Gasteiger partial charge in [-0.3, -0.25) is 4.79 Å². The standard InChI is InChI=1S/C15H22N2OS/c1-2-15(8-4-9-16-15)14(18)17(12-6-7-12)11-13-5-3-10-19-13/h3,5,10,12,16H,2,4,6-9,11H2,1H3. The van der Waals surface area contributed by atoms with Gasteiger partial charge in [0.05, 0.1) is 12.1 Å². The van der Waals surface area contributed by atoms with E-state index in [1.54, 1.807) is 11.3 Å². The lowest BCUT2D eigenvalue weighted by Gasteiger charge is -2.34. The third kappa shape index (κ3) is 2.56. The minimum Gasteiger partial charge on any atom is -0.333 e. The predicted molar refractivity (Wildman–Crippen MR) is 78.1 cm³/mol. The Bertz CT molecular complexity index is 433. The van der Waals surface area contributed by atoms with Gasteiger partial charge in [0.25, 0.3) is 0 Å². The molecule has 4 heteroatoms. The first-order chi connectivity index (χ1) is 9.25. The van der Waals surface area contributed by atoms with E-state index in [2.05, 4.69) is 34.7 Å². The molecule has 0 bridgehead atoms. The van der Waals surface area contributed by atoms with Crippen molar-refractivity contribution >= 4 is 17.2 Å². The van der Waals surface area contributed by atoms with Crippen molar-refractivity contribution < 1.29 is 4.79 Å². The van der Waals surface area contributed by atoms with Gasteiger partial charge >= 0.3 is 0 Å². The molecule has 3 nitrogen and oxygen atoms in total. The van der Waals surface area contributed by atoms with Gasteiger partial charge < -0.3 is 10.2 Å². The summed E-state index contributed by atoms with van der Waals surface area (Å²) in [6, 6.07) is 4.69. The number of hydrogen-bond acceptors (Lipinski definition) is 3. The molecule has 0 radical (unpaired) electrons. The lowest BCUT2D eigenvalue weighted by Crippen LogP contribution is -2.54. The van der Waals surface area contributed by atoms with Crippen molar-refractivity contribution in [3.8, 4) is 0 Å². The Balaban J connectivity index is 1.77. The van der Waals surface area contributed by atoms with Crippen LogP contribution in [0.25, 0.3) is 0 Å². The highest BCUT2D eigenvalue weighted by molar-refractivity contribution is 7.09. The van der Waals surface area contributed by atoms with E-state index in [0.717, 1.165) is 32.4 Å². The lowest BCUT2D eigenvalue weighted by molar-refractivity contribution is -0.139. The Hall–Kier alpha value is -0.870. The SMILES string of the molecule is CCC1(C(=O)N(Cc2cccs2)C2CC2)CCCN1. The zero-order valence-corrected chi connectivity index (χ0v) is 12.3. The minimum absolute atomic E-state index is 0.278. The number of carbonyl (C=O) groups excluding carboxylic acids is 1. The summed E-state index contributed by atoms with van der Waals surface area (Å²) >= 11 is 1.75. The molecule has 3 rings (SSSR count). The van der Waals surface area contributed by atoms with Crippen LogP contribution in [0.5, 0.6) is 0 Å². The fraction of sp³-hybridized carbons (Fsp3) is 0.667. The maximum atomic E-state index is 13.0. The number of thiophene rings is 1. The second kappa shape index (κ2) is 5.25. The first-order valence-corrected chi connectivity index (χ1v) is 8.21. The van der Waals surface area contributed by atoms with E-state index in [-0.39, 0.29) is 5.54 Å². The highest BCUT2D eigenvalue weighted by Crippen LogP contribution is 2.34. The van der Waals surface area contributed by atoms with Crippen LogP contribution in [0.2, 0.25) is 0 Å². The molecule has 1 saturated carbocycles. The Labute approximate surface area is 119 Å². The summed E-state index contributed by atoms with van der Waals surface area (Å²) in [5, 5.41) is 5.57. The Morgan fingerprint density at radius 3 is 2.95 bits per heavy atom. The molecule has 2 aliphatic rings. The third-order valence-corrected chi connectivity index (χ3v) is 5.27. The molecule has 1 N–H and O–H groups in total. The third-order valence-electron chi connectivity index (χ3n) is 4.41. The maximum absolute atomic E-state index is 13.0. The van der Waals surface area contributed by atoms with E-state index < -0.39 is 0 Å². The number of nitrogens with one attached hydrogen (secondary N) is 1. The normalized spacial score (nSPS) is 26.6. The van der Waals surface area contributed by atoms with Gasteiger partial charge in [-0.25, -0.2) is 0 Å². The second-order valence-electron chi connectivity index (χ2n) is 5.71. The predicted octanol–water partition coefficient (Wildman–Crippen LogP) is 2.77. The molecule has 1 aliphatic carbocycles. The minimum atomic E-state index is -0.278. The van der Waals surface area contributed by atoms with Gasteiger partial charge in [-0.15, -0.1) is 11.3 Å². The second-order valence-corrected chi connectivity index (χ2v) is 6.74. The summed E-state index contributed by atoms with van der Waals surface area (Å²) in [4.78, 5) is 16.4. The van der Waals surface area contributed by atoms with Gasteiger partial charge in [0, 0.05) is 10.9 Å². The first-order valence-electron chi connectivity index (χ1n) is 7.34. The molecule has 2 heterocycles. The van der Waals surface area contributed by atoms with Crippen LogP contribution >= 0.6 is 11.3 Å². The van der Waals surface area contributed by atoms with Crippen molar-refractivity contribution in [3.05, 3.63) is 22.4 Å².